The molecule has 0 aromatic heterocycles. The lowest BCUT2D eigenvalue weighted by Gasteiger charge is -2.13. The van der Waals surface area contributed by atoms with Crippen LogP contribution in [0.1, 0.15) is 24.2 Å². The second kappa shape index (κ2) is 9.03. The smallest absolute Gasteiger partial charge is 0.261 e. The molecule has 132 valence electrons. The minimum absolute atomic E-state index is 0.205. The maximum Gasteiger partial charge on any atom is 0.261 e. The van der Waals surface area contributed by atoms with Gasteiger partial charge in [0.05, 0.1) is 19.3 Å². The molecule has 6 heteroatoms. The summed E-state index contributed by atoms with van der Waals surface area (Å²) >= 11 is 5.22. The van der Waals surface area contributed by atoms with Gasteiger partial charge < -0.3 is 14.8 Å². The molecule has 0 fully saturated rings. The summed E-state index contributed by atoms with van der Waals surface area (Å²) in [6.45, 7) is 4.81. The molecule has 0 saturated heterocycles. The van der Waals surface area contributed by atoms with Crippen molar-refractivity contribution in [1.29, 1.82) is 0 Å². The Labute approximate surface area is 153 Å². The lowest BCUT2D eigenvalue weighted by molar-refractivity contribution is 0.0975. The molecule has 0 bridgehead atoms. The van der Waals surface area contributed by atoms with Gasteiger partial charge in [0.25, 0.3) is 5.91 Å². The lowest BCUT2D eigenvalue weighted by atomic mass is 10.2. The molecular formula is C19H22N2O3S. The fourth-order valence-corrected chi connectivity index (χ4v) is 2.30. The van der Waals surface area contributed by atoms with E-state index >= 15 is 0 Å². The van der Waals surface area contributed by atoms with E-state index in [4.69, 9.17) is 21.7 Å². The number of ether oxygens (including phenoxy) is 2. The normalized spacial score (nSPS) is 10.2. The van der Waals surface area contributed by atoms with Crippen molar-refractivity contribution < 1.29 is 14.3 Å². The first-order valence-electron chi connectivity index (χ1n) is 7.98. The van der Waals surface area contributed by atoms with Gasteiger partial charge in [0.15, 0.2) is 5.11 Å². The molecule has 0 saturated carbocycles. The highest BCUT2D eigenvalue weighted by Crippen LogP contribution is 2.19. The number of anilines is 1. The van der Waals surface area contributed by atoms with E-state index in [9.17, 15) is 4.79 Å². The highest BCUT2D eigenvalue weighted by atomic mass is 32.1. The van der Waals surface area contributed by atoms with Crippen LogP contribution in [0.3, 0.4) is 0 Å². The molecule has 2 aromatic rings. The van der Waals surface area contributed by atoms with Crippen LogP contribution in [-0.2, 0) is 0 Å². The molecule has 2 rings (SSSR count). The molecule has 0 aliphatic rings. The third-order valence-corrected chi connectivity index (χ3v) is 3.46. The number of amides is 1. The summed E-state index contributed by atoms with van der Waals surface area (Å²) in [5, 5.41) is 5.84. The number of para-hydroxylation sites is 1. The Morgan fingerprint density at radius 2 is 1.92 bits per heavy atom. The van der Waals surface area contributed by atoms with Gasteiger partial charge in [-0.25, -0.2) is 0 Å². The molecule has 5 nitrogen and oxygen atoms in total. The molecule has 0 spiro atoms. The highest BCUT2D eigenvalue weighted by Gasteiger charge is 2.13. The van der Waals surface area contributed by atoms with Crippen molar-refractivity contribution in [3.63, 3.8) is 0 Å². The molecule has 0 atom stereocenters. The van der Waals surface area contributed by atoms with Gasteiger partial charge >= 0.3 is 0 Å². The van der Waals surface area contributed by atoms with Crippen LogP contribution in [0.5, 0.6) is 11.5 Å². The summed E-state index contributed by atoms with van der Waals surface area (Å²) in [5.41, 5.74) is 1.16. The summed E-state index contributed by atoms with van der Waals surface area (Å²) in [4.78, 5) is 12.3. The molecule has 0 aliphatic heterocycles. The number of hydrogen-bond acceptors (Lipinski definition) is 4. The quantitative estimate of drug-likeness (QED) is 0.768. The Morgan fingerprint density at radius 1 is 1.16 bits per heavy atom. The summed E-state index contributed by atoms with van der Waals surface area (Å²) < 4.78 is 10.9. The maximum atomic E-state index is 12.3. The predicted molar refractivity (Wildman–Crippen MR) is 103 cm³/mol. The van der Waals surface area contributed by atoms with Crippen molar-refractivity contribution in [2.75, 3.05) is 19.0 Å². The van der Waals surface area contributed by atoms with E-state index in [0.717, 1.165) is 11.4 Å². The van der Waals surface area contributed by atoms with Crippen molar-refractivity contribution in [2.45, 2.75) is 13.8 Å². The van der Waals surface area contributed by atoms with Gasteiger partial charge in [-0.05, 0) is 42.4 Å². The molecule has 0 heterocycles. The molecule has 2 N–H and O–H groups in total. The van der Waals surface area contributed by atoms with Gasteiger partial charge in [-0.3, -0.25) is 10.1 Å². The second-order valence-corrected chi connectivity index (χ2v) is 6.25. The van der Waals surface area contributed by atoms with Gasteiger partial charge in [0, 0.05) is 11.8 Å². The first kappa shape index (κ1) is 18.7. The number of carbonyl (C=O) groups is 1. The van der Waals surface area contributed by atoms with E-state index in [2.05, 4.69) is 24.5 Å². The van der Waals surface area contributed by atoms with Crippen LogP contribution in [0.15, 0.2) is 48.5 Å². The standard InChI is InChI=1S/C19H22N2O3S/c1-13(2)12-24-15-8-6-7-14(11-15)20-19(25)21-18(22)16-9-4-5-10-17(16)23-3/h4-11,13H,12H2,1-3H3,(H2,20,21,22,25). The molecule has 25 heavy (non-hydrogen) atoms. The Kier molecular flexibility index (Phi) is 6.77. The molecule has 2 aromatic carbocycles. The van der Waals surface area contributed by atoms with Crippen molar-refractivity contribution >= 4 is 28.9 Å². The van der Waals surface area contributed by atoms with Crippen LogP contribution in [-0.4, -0.2) is 24.7 Å². The summed E-state index contributed by atoms with van der Waals surface area (Å²) in [6.07, 6.45) is 0. The van der Waals surface area contributed by atoms with Crippen LogP contribution < -0.4 is 20.1 Å². The van der Waals surface area contributed by atoms with Gasteiger partial charge in [-0.1, -0.05) is 32.0 Å². The second-order valence-electron chi connectivity index (χ2n) is 5.84. The van der Waals surface area contributed by atoms with E-state index in [1.54, 1.807) is 24.3 Å². The van der Waals surface area contributed by atoms with Gasteiger partial charge in [0.1, 0.15) is 11.5 Å². The van der Waals surface area contributed by atoms with E-state index in [-0.39, 0.29) is 11.0 Å². The van der Waals surface area contributed by atoms with Crippen molar-refractivity contribution in [2.24, 2.45) is 5.92 Å². The Hall–Kier alpha value is -2.60. The van der Waals surface area contributed by atoms with Crippen LogP contribution in [0.25, 0.3) is 0 Å². The number of thiocarbonyl (C=S) groups is 1. The van der Waals surface area contributed by atoms with Gasteiger partial charge in [-0.15, -0.1) is 0 Å². The van der Waals surface area contributed by atoms with E-state index in [0.29, 0.717) is 23.8 Å². The van der Waals surface area contributed by atoms with Crippen LogP contribution >= 0.6 is 12.2 Å². The van der Waals surface area contributed by atoms with Crippen LogP contribution in [0.4, 0.5) is 5.69 Å². The fraction of sp³-hybridized carbons (Fsp3) is 0.263. The Balaban J connectivity index is 1.98. The Bertz CT molecular complexity index is 747. The van der Waals surface area contributed by atoms with E-state index in [1.165, 1.54) is 7.11 Å². The third-order valence-electron chi connectivity index (χ3n) is 3.25. The number of benzene rings is 2. The molecule has 0 unspecified atom stereocenters. The summed E-state index contributed by atoms with van der Waals surface area (Å²) in [5.74, 6) is 1.35. The van der Waals surface area contributed by atoms with Gasteiger partial charge in [-0.2, -0.15) is 0 Å². The molecular weight excluding hydrogens is 336 g/mol. The predicted octanol–water partition coefficient (Wildman–Crippen LogP) is 3.86. The SMILES string of the molecule is COc1ccccc1C(=O)NC(=S)Nc1cccc(OCC(C)C)c1. The summed E-state index contributed by atoms with van der Waals surface area (Å²) in [6, 6.07) is 14.4. The average Bonchev–Trinajstić information content (AvgIpc) is 2.60. The number of methoxy groups -OCH3 is 1. The third kappa shape index (κ3) is 5.76. The zero-order valence-corrected chi connectivity index (χ0v) is 15.4. The number of rotatable bonds is 6. The minimum atomic E-state index is -0.331. The first-order valence-corrected chi connectivity index (χ1v) is 8.38. The number of nitrogens with one attached hydrogen (secondary N) is 2. The zero-order chi connectivity index (χ0) is 18.2. The van der Waals surface area contributed by atoms with Crippen molar-refractivity contribution in [1.82, 2.24) is 5.32 Å². The minimum Gasteiger partial charge on any atom is -0.496 e. The highest BCUT2D eigenvalue weighted by molar-refractivity contribution is 7.80. The number of carbonyl (C=O) groups excluding carboxylic acids is 1. The average molecular weight is 358 g/mol. The Morgan fingerprint density at radius 3 is 2.64 bits per heavy atom. The van der Waals surface area contributed by atoms with Gasteiger partial charge in [0.2, 0.25) is 0 Å². The monoisotopic (exact) mass is 358 g/mol. The number of hydrogen-bond donors (Lipinski definition) is 2. The molecule has 0 aliphatic carbocycles. The van der Waals surface area contributed by atoms with E-state index in [1.807, 2.05) is 24.3 Å². The maximum absolute atomic E-state index is 12.3. The molecule has 0 radical (unpaired) electrons. The zero-order valence-electron chi connectivity index (χ0n) is 14.5. The summed E-state index contributed by atoms with van der Waals surface area (Å²) in [7, 11) is 1.52. The first-order chi connectivity index (χ1) is 12.0. The fourth-order valence-electron chi connectivity index (χ4n) is 2.09. The van der Waals surface area contributed by atoms with Crippen molar-refractivity contribution in [3.05, 3.63) is 54.1 Å². The van der Waals surface area contributed by atoms with Crippen LogP contribution in [0.2, 0.25) is 0 Å². The molecule has 1 amide bonds. The lowest BCUT2D eigenvalue weighted by Crippen LogP contribution is -2.34. The largest absolute Gasteiger partial charge is 0.496 e. The topological polar surface area (TPSA) is 59.6 Å². The van der Waals surface area contributed by atoms with E-state index < -0.39 is 0 Å². The van der Waals surface area contributed by atoms with Crippen LogP contribution in [0, 0.1) is 5.92 Å². The van der Waals surface area contributed by atoms with Crippen molar-refractivity contribution in [3.8, 4) is 11.5 Å².